The molecule has 2 rings (SSSR count). The van der Waals surface area contributed by atoms with Crippen LogP contribution in [0.4, 0.5) is 4.39 Å². The molecule has 0 radical (unpaired) electrons. The molecule has 1 aromatic heterocycles. The number of aryl methyl sites for hydroxylation is 2. The molecule has 0 unspecified atom stereocenters. The molecule has 0 spiro atoms. The third kappa shape index (κ3) is 4.86. The molecule has 0 bridgehead atoms. The largest absolute Gasteiger partial charge is 0.316 e. The molecule has 0 amide bonds. The maximum atomic E-state index is 13.8. The molecular weight excluding hydrogens is 285 g/mol. The summed E-state index contributed by atoms with van der Waals surface area (Å²) in [6.45, 7) is 8.36. The molecule has 21 heavy (non-hydrogen) atoms. The Kier molecular flexibility index (Phi) is 5.82. The van der Waals surface area contributed by atoms with Crippen LogP contribution in [-0.4, -0.2) is 23.3 Å². The highest BCUT2D eigenvalue weighted by Gasteiger charge is 2.11. The summed E-state index contributed by atoms with van der Waals surface area (Å²) in [5.41, 5.74) is 1.58. The number of benzene rings is 1. The number of nitrogens with zero attached hydrogens (tertiary/aromatic N) is 2. The average Bonchev–Trinajstić information content (AvgIpc) is 2.89. The molecule has 0 aliphatic rings. The maximum Gasteiger partial charge on any atom is 0.150 e. The summed E-state index contributed by atoms with van der Waals surface area (Å²) in [6, 6.07) is 5.08. The summed E-state index contributed by atoms with van der Waals surface area (Å²) in [7, 11) is 0. The Labute approximate surface area is 129 Å². The Morgan fingerprint density at radius 1 is 1.29 bits per heavy atom. The van der Waals surface area contributed by atoms with Crippen LogP contribution in [0.3, 0.4) is 0 Å². The molecule has 0 aliphatic carbocycles. The smallest absolute Gasteiger partial charge is 0.150 e. The summed E-state index contributed by atoms with van der Waals surface area (Å²) < 4.78 is 13.8. The highest BCUT2D eigenvalue weighted by molar-refractivity contribution is 7.14. The van der Waals surface area contributed by atoms with Crippen LogP contribution >= 0.6 is 11.3 Å². The predicted octanol–water partition coefficient (Wildman–Crippen LogP) is 3.83. The van der Waals surface area contributed by atoms with Crippen LogP contribution in [0, 0.1) is 18.7 Å². The first kappa shape index (κ1) is 16.0. The van der Waals surface area contributed by atoms with Crippen molar-refractivity contribution in [1.29, 1.82) is 0 Å². The molecule has 0 atom stereocenters. The van der Waals surface area contributed by atoms with Crippen LogP contribution in [0.1, 0.15) is 30.8 Å². The van der Waals surface area contributed by atoms with Crippen molar-refractivity contribution in [2.75, 3.05) is 13.1 Å². The number of halogens is 1. The fourth-order valence-corrected chi connectivity index (χ4v) is 2.92. The van der Waals surface area contributed by atoms with Gasteiger partial charge in [-0.1, -0.05) is 36.8 Å². The molecule has 1 heterocycles. The molecule has 0 fully saturated rings. The molecule has 0 saturated heterocycles. The maximum absolute atomic E-state index is 13.8. The molecule has 0 aliphatic heterocycles. The summed E-state index contributed by atoms with van der Waals surface area (Å²) in [5, 5.41) is 13.3. The van der Waals surface area contributed by atoms with E-state index in [1.807, 2.05) is 13.0 Å². The van der Waals surface area contributed by atoms with Gasteiger partial charge in [0.2, 0.25) is 0 Å². The molecular formula is C16H22FN3S. The van der Waals surface area contributed by atoms with Gasteiger partial charge in [0.25, 0.3) is 0 Å². The molecule has 1 N–H and O–H groups in total. The number of rotatable bonds is 7. The average molecular weight is 307 g/mol. The lowest BCUT2D eigenvalue weighted by Crippen LogP contribution is -2.21. The third-order valence-corrected chi connectivity index (χ3v) is 4.13. The van der Waals surface area contributed by atoms with Crippen molar-refractivity contribution in [1.82, 2.24) is 15.5 Å². The second-order valence-electron chi connectivity index (χ2n) is 5.69. The first-order chi connectivity index (χ1) is 10.1. The van der Waals surface area contributed by atoms with Gasteiger partial charge in [-0.3, -0.25) is 0 Å². The van der Waals surface area contributed by atoms with Crippen molar-refractivity contribution in [2.24, 2.45) is 5.92 Å². The van der Waals surface area contributed by atoms with Gasteiger partial charge in [-0.2, -0.15) is 0 Å². The fourth-order valence-electron chi connectivity index (χ4n) is 2.02. The summed E-state index contributed by atoms with van der Waals surface area (Å²) in [4.78, 5) is 0. The van der Waals surface area contributed by atoms with Gasteiger partial charge >= 0.3 is 0 Å². The van der Waals surface area contributed by atoms with Crippen molar-refractivity contribution in [3.63, 3.8) is 0 Å². The first-order valence-electron chi connectivity index (χ1n) is 7.36. The van der Waals surface area contributed by atoms with E-state index in [1.165, 1.54) is 17.4 Å². The van der Waals surface area contributed by atoms with Gasteiger partial charge in [-0.25, -0.2) is 4.39 Å². The predicted molar refractivity (Wildman–Crippen MR) is 86.1 cm³/mol. The minimum atomic E-state index is -0.234. The van der Waals surface area contributed by atoms with Crippen LogP contribution in [0.25, 0.3) is 10.6 Å². The van der Waals surface area contributed by atoms with Crippen LogP contribution in [0.2, 0.25) is 0 Å². The van der Waals surface area contributed by atoms with Gasteiger partial charge in [0, 0.05) is 12.0 Å². The minimum Gasteiger partial charge on any atom is -0.316 e. The molecule has 5 heteroatoms. The molecule has 3 nitrogen and oxygen atoms in total. The van der Waals surface area contributed by atoms with Crippen LogP contribution in [-0.2, 0) is 6.42 Å². The van der Waals surface area contributed by atoms with Gasteiger partial charge in [0.05, 0.1) is 0 Å². The third-order valence-electron chi connectivity index (χ3n) is 3.12. The lowest BCUT2D eigenvalue weighted by Gasteiger charge is -2.05. The second-order valence-corrected chi connectivity index (χ2v) is 6.75. The Hall–Kier alpha value is -1.33. The quantitative estimate of drug-likeness (QED) is 0.790. The van der Waals surface area contributed by atoms with Gasteiger partial charge in [-0.15, -0.1) is 10.2 Å². The first-order valence-corrected chi connectivity index (χ1v) is 8.17. The van der Waals surface area contributed by atoms with Gasteiger partial charge < -0.3 is 5.32 Å². The van der Waals surface area contributed by atoms with E-state index in [-0.39, 0.29) is 5.82 Å². The minimum absolute atomic E-state index is 0.234. The van der Waals surface area contributed by atoms with Gasteiger partial charge in [-0.05, 0) is 44.5 Å². The molecule has 2 aromatic rings. The molecule has 0 saturated carbocycles. The zero-order chi connectivity index (χ0) is 15.2. The summed E-state index contributed by atoms with van der Waals surface area (Å²) >= 11 is 1.48. The Bertz CT molecular complexity index is 581. The van der Waals surface area contributed by atoms with E-state index in [0.717, 1.165) is 36.5 Å². The molecule has 114 valence electrons. The standard InChI is InChI=1S/C16H22FN3S/c1-11(2)10-18-8-4-5-15-19-20-16(21-15)13-9-12(3)6-7-14(13)17/h6-7,9,11,18H,4-5,8,10H2,1-3H3. The fraction of sp³-hybridized carbons (Fsp3) is 0.500. The highest BCUT2D eigenvalue weighted by atomic mass is 32.1. The SMILES string of the molecule is Cc1ccc(F)c(-c2nnc(CCCNCC(C)C)s2)c1. The van der Waals surface area contributed by atoms with E-state index >= 15 is 0 Å². The monoisotopic (exact) mass is 307 g/mol. The number of hydrogen-bond donors (Lipinski definition) is 1. The van der Waals surface area contributed by atoms with Crippen molar-refractivity contribution in [2.45, 2.75) is 33.6 Å². The van der Waals surface area contributed by atoms with Crippen molar-refractivity contribution >= 4 is 11.3 Å². The number of nitrogens with one attached hydrogen (secondary N) is 1. The lowest BCUT2D eigenvalue weighted by molar-refractivity contribution is 0.542. The van der Waals surface area contributed by atoms with E-state index in [0.29, 0.717) is 16.5 Å². The van der Waals surface area contributed by atoms with Crippen LogP contribution < -0.4 is 5.32 Å². The Morgan fingerprint density at radius 3 is 2.86 bits per heavy atom. The Morgan fingerprint density at radius 2 is 2.10 bits per heavy atom. The van der Waals surface area contributed by atoms with E-state index in [4.69, 9.17) is 0 Å². The number of aromatic nitrogens is 2. The van der Waals surface area contributed by atoms with Crippen molar-refractivity contribution in [3.05, 3.63) is 34.6 Å². The highest BCUT2D eigenvalue weighted by Crippen LogP contribution is 2.27. The zero-order valence-electron chi connectivity index (χ0n) is 12.8. The molecule has 1 aromatic carbocycles. The Balaban J connectivity index is 1.91. The normalized spacial score (nSPS) is 11.3. The van der Waals surface area contributed by atoms with E-state index in [1.54, 1.807) is 6.07 Å². The van der Waals surface area contributed by atoms with Crippen LogP contribution in [0.15, 0.2) is 18.2 Å². The van der Waals surface area contributed by atoms with E-state index < -0.39 is 0 Å². The van der Waals surface area contributed by atoms with E-state index in [9.17, 15) is 4.39 Å². The zero-order valence-corrected chi connectivity index (χ0v) is 13.6. The lowest BCUT2D eigenvalue weighted by atomic mass is 10.1. The number of hydrogen-bond acceptors (Lipinski definition) is 4. The van der Waals surface area contributed by atoms with E-state index in [2.05, 4.69) is 29.4 Å². The van der Waals surface area contributed by atoms with Gasteiger partial charge in [0.15, 0.2) is 5.01 Å². The summed E-state index contributed by atoms with van der Waals surface area (Å²) in [5.74, 6) is 0.435. The van der Waals surface area contributed by atoms with Gasteiger partial charge in [0.1, 0.15) is 10.8 Å². The summed E-state index contributed by atoms with van der Waals surface area (Å²) in [6.07, 6.45) is 1.91. The second kappa shape index (κ2) is 7.61. The van der Waals surface area contributed by atoms with Crippen molar-refractivity contribution < 1.29 is 4.39 Å². The topological polar surface area (TPSA) is 37.8 Å². The van der Waals surface area contributed by atoms with Crippen molar-refractivity contribution in [3.8, 4) is 10.6 Å². The van der Waals surface area contributed by atoms with Crippen LogP contribution in [0.5, 0.6) is 0 Å².